The van der Waals surface area contributed by atoms with Gasteiger partial charge >= 0.3 is 5.97 Å². The van der Waals surface area contributed by atoms with Gasteiger partial charge in [-0.15, -0.1) is 0 Å². The van der Waals surface area contributed by atoms with Crippen molar-refractivity contribution in [3.05, 3.63) is 32.8 Å². The molecule has 0 bridgehead atoms. The lowest BCUT2D eigenvalue weighted by molar-refractivity contribution is -0.159. The van der Waals surface area contributed by atoms with Crippen LogP contribution in [-0.2, 0) is 9.53 Å². The number of hydrogen-bond acceptors (Lipinski definition) is 4. The summed E-state index contributed by atoms with van der Waals surface area (Å²) in [6.07, 6.45) is -3.32. The van der Waals surface area contributed by atoms with Gasteiger partial charge in [0.25, 0.3) is 0 Å². The zero-order valence-corrected chi connectivity index (χ0v) is 11.6. The van der Waals surface area contributed by atoms with Crippen molar-refractivity contribution in [1.82, 2.24) is 0 Å². The summed E-state index contributed by atoms with van der Waals surface area (Å²) in [5.74, 6) is -0.947. The Bertz CT molecular complexity index is 450. The second-order valence-corrected chi connectivity index (χ2v) is 4.65. The molecule has 0 amide bonds. The summed E-state index contributed by atoms with van der Waals surface area (Å²) >= 11 is 17.4. The van der Waals surface area contributed by atoms with Crippen LogP contribution in [0.15, 0.2) is 12.1 Å². The molecule has 1 aromatic carbocycles. The first-order valence-corrected chi connectivity index (χ1v) is 6.19. The van der Waals surface area contributed by atoms with Gasteiger partial charge in [0, 0.05) is 10.6 Å². The van der Waals surface area contributed by atoms with Crippen LogP contribution in [0.3, 0.4) is 0 Å². The van der Waals surface area contributed by atoms with Crippen LogP contribution in [-0.4, -0.2) is 28.9 Å². The summed E-state index contributed by atoms with van der Waals surface area (Å²) in [6.45, 7) is 1.67. The minimum absolute atomic E-state index is 0.0249. The molecule has 1 aromatic rings. The van der Waals surface area contributed by atoms with Gasteiger partial charge in [0.2, 0.25) is 0 Å². The Balaban J connectivity index is 3.03. The van der Waals surface area contributed by atoms with Gasteiger partial charge in [-0.1, -0.05) is 34.8 Å². The molecule has 18 heavy (non-hydrogen) atoms. The van der Waals surface area contributed by atoms with E-state index in [1.165, 1.54) is 12.1 Å². The zero-order valence-electron chi connectivity index (χ0n) is 9.36. The number of esters is 1. The number of aliphatic hydroxyl groups excluding tert-OH is 2. The first-order valence-electron chi connectivity index (χ1n) is 5.05. The summed E-state index contributed by atoms with van der Waals surface area (Å²) in [7, 11) is 0. The summed E-state index contributed by atoms with van der Waals surface area (Å²) < 4.78 is 4.59. The lowest BCUT2D eigenvalue weighted by Crippen LogP contribution is -2.30. The molecule has 2 unspecified atom stereocenters. The van der Waals surface area contributed by atoms with E-state index in [9.17, 15) is 15.0 Å². The lowest BCUT2D eigenvalue weighted by atomic mass is 10.0. The largest absolute Gasteiger partial charge is 0.464 e. The smallest absolute Gasteiger partial charge is 0.338 e. The molecule has 7 heteroatoms. The molecule has 0 saturated carbocycles. The molecule has 2 N–H and O–H groups in total. The third-order valence-corrected chi connectivity index (χ3v) is 3.20. The predicted molar refractivity (Wildman–Crippen MR) is 69.1 cm³/mol. The second kappa shape index (κ2) is 6.59. The lowest BCUT2D eigenvalue weighted by Gasteiger charge is -2.18. The van der Waals surface area contributed by atoms with Crippen LogP contribution >= 0.6 is 34.8 Å². The number of hydrogen-bond donors (Lipinski definition) is 2. The van der Waals surface area contributed by atoms with Crippen molar-refractivity contribution in [2.24, 2.45) is 0 Å². The second-order valence-electron chi connectivity index (χ2n) is 3.43. The van der Waals surface area contributed by atoms with Crippen molar-refractivity contribution >= 4 is 40.8 Å². The number of ether oxygens (including phenoxy) is 1. The maximum Gasteiger partial charge on any atom is 0.338 e. The molecule has 0 radical (unpaired) electrons. The van der Waals surface area contributed by atoms with Gasteiger partial charge in [-0.3, -0.25) is 0 Å². The quantitative estimate of drug-likeness (QED) is 0.662. The highest BCUT2D eigenvalue weighted by atomic mass is 35.5. The first-order chi connectivity index (χ1) is 8.38. The predicted octanol–water partition coefficient (Wildman–Crippen LogP) is 2.60. The number of carbonyl (C=O) groups is 1. The van der Waals surface area contributed by atoms with Gasteiger partial charge in [-0.25, -0.2) is 4.79 Å². The summed E-state index contributed by atoms with van der Waals surface area (Å²) in [5, 5.41) is 19.8. The van der Waals surface area contributed by atoms with E-state index < -0.39 is 18.2 Å². The Morgan fingerprint density at radius 3 is 2.50 bits per heavy atom. The highest BCUT2D eigenvalue weighted by Crippen LogP contribution is 2.34. The molecule has 0 heterocycles. The van der Waals surface area contributed by atoms with E-state index in [-0.39, 0.29) is 27.2 Å². The first kappa shape index (κ1) is 15.5. The minimum atomic E-state index is -1.75. The molecule has 100 valence electrons. The SMILES string of the molecule is CCOC(=O)C(O)C(O)c1cc(Cl)cc(Cl)c1Cl. The molecule has 1 rings (SSSR count). The Kier molecular flexibility index (Phi) is 5.69. The van der Waals surface area contributed by atoms with Gasteiger partial charge in [0.1, 0.15) is 6.10 Å². The molecule has 0 saturated heterocycles. The molecule has 0 aliphatic heterocycles. The van der Waals surface area contributed by atoms with Crippen molar-refractivity contribution < 1.29 is 19.7 Å². The standard InChI is InChI=1S/C11H11Cl3O4/c1-2-18-11(17)10(16)9(15)6-3-5(12)4-7(13)8(6)14/h3-4,9-10,15-16H,2H2,1H3. The molecule has 0 fully saturated rings. The molecular weight excluding hydrogens is 302 g/mol. The number of carbonyl (C=O) groups excluding carboxylic acids is 1. The number of rotatable bonds is 4. The van der Waals surface area contributed by atoms with Gasteiger partial charge < -0.3 is 14.9 Å². The van der Waals surface area contributed by atoms with Crippen molar-refractivity contribution in [2.45, 2.75) is 19.1 Å². The fourth-order valence-corrected chi connectivity index (χ4v) is 2.05. The van der Waals surface area contributed by atoms with E-state index >= 15 is 0 Å². The van der Waals surface area contributed by atoms with Crippen LogP contribution in [0, 0.1) is 0 Å². The molecule has 2 atom stereocenters. The zero-order chi connectivity index (χ0) is 13.9. The van der Waals surface area contributed by atoms with Crippen molar-refractivity contribution in [2.75, 3.05) is 6.61 Å². The Morgan fingerprint density at radius 1 is 1.33 bits per heavy atom. The average Bonchev–Trinajstić information content (AvgIpc) is 2.32. The Labute approximate surface area is 119 Å². The molecule has 4 nitrogen and oxygen atoms in total. The highest BCUT2D eigenvalue weighted by molar-refractivity contribution is 6.43. The van der Waals surface area contributed by atoms with Gasteiger partial charge in [0.05, 0.1) is 16.7 Å². The summed E-state index contributed by atoms with van der Waals surface area (Å²) in [5.41, 5.74) is 0.0646. The van der Waals surface area contributed by atoms with E-state index in [0.717, 1.165) is 0 Å². The van der Waals surface area contributed by atoms with Gasteiger partial charge in [-0.2, -0.15) is 0 Å². The normalized spacial score (nSPS) is 14.1. The van der Waals surface area contributed by atoms with Crippen LogP contribution in [0.5, 0.6) is 0 Å². The third kappa shape index (κ3) is 3.49. The molecule has 0 aliphatic carbocycles. The number of benzene rings is 1. The minimum Gasteiger partial charge on any atom is -0.464 e. The topological polar surface area (TPSA) is 66.8 Å². The van der Waals surface area contributed by atoms with E-state index in [1.807, 2.05) is 0 Å². The maximum absolute atomic E-state index is 11.3. The molecular formula is C11H11Cl3O4. The van der Waals surface area contributed by atoms with Crippen LogP contribution in [0.2, 0.25) is 15.1 Å². The van der Waals surface area contributed by atoms with Crippen LogP contribution in [0.1, 0.15) is 18.6 Å². The fraction of sp³-hybridized carbons (Fsp3) is 0.364. The maximum atomic E-state index is 11.3. The van der Waals surface area contributed by atoms with E-state index in [2.05, 4.69) is 4.74 Å². The summed E-state index contributed by atoms with van der Waals surface area (Å²) in [4.78, 5) is 11.3. The number of aliphatic hydroxyl groups is 2. The average molecular weight is 314 g/mol. The van der Waals surface area contributed by atoms with Crippen molar-refractivity contribution in [3.63, 3.8) is 0 Å². The number of halogens is 3. The molecule has 0 spiro atoms. The Hall–Kier alpha value is -0.520. The van der Waals surface area contributed by atoms with E-state index in [4.69, 9.17) is 34.8 Å². The van der Waals surface area contributed by atoms with Crippen molar-refractivity contribution in [1.29, 1.82) is 0 Å². The highest BCUT2D eigenvalue weighted by Gasteiger charge is 2.29. The Morgan fingerprint density at radius 2 is 1.94 bits per heavy atom. The van der Waals surface area contributed by atoms with Crippen LogP contribution in [0.25, 0.3) is 0 Å². The van der Waals surface area contributed by atoms with E-state index in [0.29, 0.717) is 0 Å². The fourth-order valence-electron chi connectivity index (χ4n) is 1.32. The third-order valence-electron chi connectivity index (χ3n) is 2.17. The monoisotopic (exact) mass is 312 g/mol. The van der Waals surface area contributed by atoms with Gasteiger partial charge in [0.15, 0.2) is 6.10 Å². The van der Waals surface area contributed by atoms with Gasteiger partial charge in [-0.05, 0) is 19.1 Å². The molecule has 0 aromatic heterocycles. The van der Waals surface area contributed by atoms with E-state index in [1.54, 1.807) is 6.92 Å². The van der Waals surface area contributed by atoms with Crippen LogP contribution in [0.4, 0.5) is 0 Å². The van der Waals surface area contributed by atoms with Crippen molar-refractivity contribution in [3.8, 4) is 0 Å². The van der Waals surface area contributed by atoms with Crippen LogP contribution < -0.4 is 0 Å². The molecule has 0 aliphatic rings. The summed E-state index contributed by atoms with van der Waals surface area (Å²) in [6, 6.07) is 2.71.